The lowest BCUT2D eigenvalue weighted by Gasteiger charge is -2.06. The number of ketones is 1. The lowest BCUT2D eigenvalue weighted by Crippen LogP contribution is -2.01. The molecule has 7 heteroatoms. The molecule has 0 radical (unpaired) electrons. The van der Waals surface area contributed by atoms with Crippen LogP contribution in [0.25, 0.3) is 11.5 Å². The van der Waals surface area contributed by atoms with Crippen LogP contribution in [0.5, 0.6) is 11.5 Å². The van der Waals surface area contributed by atoms with E-state index in [1.807, 2.05) is 20.8 Å². The summed E-state index contributed by atoms with van der Waals surface area (Å²) in [4.78, 5) is 12.2. The summed E-state index contributed by atoms with van der Waals surface area (Å²) in [6.07, 6.45) is 0. The van der Waals surface area contributed by atoms with Crippen molar-refractivity contribution in [2.75, 3.05) is 5.75 Å². The molecule has 3 aromatic rings. The van der Waals surface area contributed by atoms with Crippen molar-refractivity contribution in [2.24, 2.45) is 0 Å². The van der Waals surface area contributed by atoms with E-state index in [4.69, 9.17) is 4.42 Å². The Hall–Kier alpha value is -2.80. The third-order valence-electron chi connectivity index (χ3n) is 3.92. The standard InChI is InChI=1S/C19H18N2O4S/c1-10-6-11(2)17(12(3)7-10)18-20-21-19(25-18)26-9-16(24)13-4-5-14(22)15(23)8-13/h4-8,22-23H,9H2,1-3H3. The maximum atomic E-state index is 12.2. The highest BCUT2D eigenvalue weighted by molar-refractivity contribution is 7.99. The summed E-state index contributed by atoms with van der Waals surface area (Å²) in [6, 6.07) is 8.08. The zero-order valence-corrected chi connectivity index (χ0v) is 15.4. The van der Waals surface area contributed by atoms with Gasteiger partial charge in [0.15, 0.2) is 17.3 Å². The van der Waals surface area contributed by atoms with Gasteiger partial charge in [-0.05, 0) is 50.1 Å². The topological polar surface area (TPSA) is 96.5 Å². The SMILES string of the molecule is Cc1cc(C)c(-c2nnc(SCC(=O)c3ccc(O)c(O)c3)o2)c(C)c1. The lowest BCUT2D eigenvalue weighted by molar-refractivity contribution is 0.102. The molecular formula is C19H18N2O4S. The van der Waals surface area contributed by atoms with Crippen LogP contribution in [0.3, 0.4) is 0 Å². The van der Waals surface area contributed by atoms with Gasteiger partial charge in [-0.2, -0.15) is 0 Å². The number of phenols is 2. The lowest BCUT2D eigenvalue weighted by atomic mass is 10.00. The number of nitrogens with zero attached hydrogens (tertiary/aromatic N) is 2. The number of Topliss-reactive ketones (excluding diaryl/α,β-unsaturated/α-hetero) is 1. The number of aromatic hydroxyl groups is 2. The number of aryl methyl sites for hydroxylation is 3. The number of thioether (sulfide) groups is 1. The second-order valence-corrected chi connectivity index (χ2v) is 6.99. The molecule has 2 aromatic carbocycles. The number of phenolic OH excluding ortho intramolecular Hbond substituents is 2. The molecule has 3 rings (SSSR count). The average molecular weight is 370 g/mol. The molecule has 6 nitrogen and oxygen atoms in total. The summed E-state index contributed by atoms with van der Waals surface area (Å²) in [5.41, 5.74) is 4.49. The van der Waals surface area contributed by atoms with Gasteiger partial charge in [0.05, 0.1) is 5.75 Å². The van der Waals surface area contributed by atoms with Gasteiger partial charge in [-0.3, -0.25) is 4.79 Å². The number of rotatable bonds is 5. The van der Waals surface area contributed by atoms with Crippen molar-refractivity contribution in [1.29, 1.82) is 0 Å². The molecule has 0 aliphatic heterocycles. The summed E-state index contributed by atoms with van der Waals surface area (Å²) in [7, 11) is 0. The number of benzene rings is 2. The number of carbonyl (C=O) groups is 1. The summed E-state index contributed by atoms with van der Waals surface area (Å²) in [5, 5.41) is 27.2. The fraction of sp³-hybridized carbons (Fsp3) is 0.211. The number of hydrogen-bond donors (Lipinski definition) is 2. The second kappa shape index (κ2) is 7.21. The van der Waals surface area contributed by atoms with Crippen LogP contribution in [0, 0.1) is 20.8 Å². The summed E-state index contributed by atoms with van der Waals surface area (Å²) in [5.74, 6) is -0.298. The van der Waals surface area contributed by atoms with Gasteiger partial charge < -0.3 is 14.6 Å². The van der Waals surface area contributed by atoms with E-state index in [9.17, 15) is 15.0 Å². The monoisotopic (exact) mass is 370 g/mol. The quantitative estimate of drug-likeness (QED) is 0.397. The molecule has 0 bridgehead atoms. The second-order valence-electron chi connectivity index (χ2n) is 6.06. The van der Waals surface area contributed by atoms with Gasteiger partial charge in [-0.1, -0.05) is 29.5 Å². The Balaban J connectivity index is 1.73. The summed E-state index contributed by atoms with van der Waals surface area (Å²) < 4.78 is 5.70. The van der Waals surface area contributed by atoms with E-state index in [1.54, 1.807) is 0 Å². The molecule has 1 aromatic heterocycles. The highest BCUT2D eigenvalue weighted by atomic mass is 32.2. The van der Waals surface area contributed by atoms with Crippen molar-refractivity contribution in [3.8, 4) is 23.0 Å². The molecule has 0 aliphatic rings. The normalized spacial score (nSPS) is 10.9. The van der Waals surface area contributed by atoms with Gasteiger partial charge in [0.25, 0.3) is 5.22 Å². The first-order valence-corrected chi connectivity index (χ1v) is 8.93. The third-order valence-corrected chi connectivity index (χ3v) is 4.74. The van der Waals surface area contributed by atoms with E-state index < -0.39 is 0 Å². The molecule has 0 saturated carbocycles. The van der Waals surface area contributed by atoms with Crippen molar-refractivity contribution < 1.29 is 19.4 Å². The maximum Gasteiger partial charge on any atom is 0.277 e. The number of aromatic nitrogens is 2. The smallest absolute Gasteiger partial charge is 0.277 e. The van der Waals surface area contributed by atoms with Crippen molar-refractivity contribution in [1.82, 2.24) is 10.2 Å². The van der Waals surface area contributed by atoms with Gasteiger partial charge in [0.1, 0.15) is 0 Å². The maximum absolute atomic E-state index is 12.2. The van der Waals surface area contributed by atoms with Crippen LogP contribution < -0.4 is 0 Å². The first-order valence-electron chi connectivity index (χ1n) is 7.95. The van der Waals surface area contributed by atoms with Gasteiger partial charge >= 0.3 is 0 Å². The Morgan fingerprint density at radius 2 is 1.73 bits per heavy atom. The predicted octanol–water partition coefficient (Wildman–Crippen LogP) is 4.05. The van der Waals surface area contributed by atoms with Crippen LogP contribution in [0.2, 0.25) is 0 Å². The van der Waals surface area contributed by atoms with E-state index >= 15 is 0 Å². The van der Waals surface area contributed by atoms with Crippen molar-refractivity contribution in [3.05, 3.63) is 52.6 Å². The Labute approximate surface area is 154 Å². The van der Waals surface area contributed by atoms with E-state index in [1.165, 1.54) is 23.8 Å². The highest BCUT2D eigenvalue weighted by Crippen LogP contribution is 2.30. The largest absolute Gasteiger partial charge is 0.504 e. The molecule has 2 N–H and O–H groups in total. The first-order chi connectivity index (χ1) is 12.3. The molecule has 134 valence electrons. The Morgan fingerprint density at radius 1 is 1.04 bits per heavy atom. The molecule has 1 heterocycles. The first kappa shape index (κ1) is 18.0. The third kappa shape index (κ3) is 3.72. The Morgan fingerprint density at radius 3 is 2.38 bits per heavy atom. The van der Waals surface area contributed by atoms with Crippen molar-refractivity contribution in [2.45, 2.75) is 26.0 Å². The highest BCUT2D eigenvalue weighted by Gasteiger charge is 2.16. The predicted molar refractivity (Wildman–Crippen MR) is 98.8 cm³/mol. The molecule has 0 spiro atoms. The van der Waals surface area contributed by atoms with Gasteiger partial charge in [-0.25, -0.2) is 0 Å². The number of hydrogen-bond acceptors (Lipinski definition) is 7. The number of carbonyl (C=O) groups excluding carboxylic acids is 1. The zero-order valence-electron chi connectivity index (χ0n) is 14.6. The van der Waals surface area contributed by atoms with E-state index in [2.05, 4.69) is 22.3 Å². The van der Waals surface area contributed by atoms with Crippen LogP contribution in [0.4, 0.5) is 0 Å². The van der Waals surface area contributed by atoms with E-state index in [0.717, 1.165) is 28.5 Å². The van der Waals surface area contributed by atoms with Crippen LogP contribution in [0.15, 0.2) is 40.0 Å². The molecule has 0 unspecified atom stereocenters. The molecule has 0 saturated heterocycles. The summed E-state index contributed by atoms with van der Waals surface area (Å²) in [6.45, 7) is 6.02. The van der Waals surface area contributed by atoms with E-state index in [-0.39, 0.29) is 23.0 Å². The minimum atomic E-state index is -0.328. The summed E-state index contributed by atoms with van der Waals surface area (Å²) >= 11 is 1.13. The molecule has 0 atom stereocenters. The molecule has 0 fully saturated rings. The van der Waals surface area contributed by atoms with Gasteiger partial charge in [-0.15, -0.1) is 10.2 Å². The van der Waals surface area contributed by atoms with E-state index in [0.29, 0.717) is 16.7 Å². The van der Waals surface area contributed by atoms with Gasteiger partial charge in [0, 0.05) is 11.1 Å². The van der Waals surface area contributed by atoms with Gasteiger partial charge in [0.2, 0.25) is 5.89 Å². The van der Waals surface area contributed by atoms with Crippen LogP contribution in [-0.2, 0) is 0 Å². The minimum Gasteiger partial charge on any atom is -0.504 e. The fourth-order valence-electron chi connectivity index (χ4n) is 2.79. The van der Waals surface area contributed by atoms with Crippen LogP contribution in [-0.4, -0.2) is 31.9 Å². The molecular weight excluding hydrogens is 352 g/mol. The van der Waals surface area contributed by atoms with Crippen LogP contribution in [0.1, 0.15) is 27.0 Å². The molecule has 0 aliphatic carbocycles. The Kier molecular flexibility index (Phi) is 4.99. The zero-order chi connectivity index (χ0) is 18.8. The minimum absolute atomic E-state index is 0.0811. The Bertz CT molecular complexity index is 958. The van der Waals surface area contributed by atoms with Crippen LogP contribution >= 0.6 is 11.8 Å². The van der Waals surface area contributed by atoms with Crippen molar-refractivity contribution in [3.63, 3.8) is 0 Å². The molecule has 26 heavy (non-hydrogen) atoms. The van der Waals surface area contributed by atoms with Crippen molar-refractivity contribution >= 4 is 17.5 Å². The fourth-order valence-corrected chi connectivity index (χ4v) is 3.45. The molecule has 0 amide bonds. The average Bonchev–Trinajstić information content (AvgIpc) is 3.02.